The third kappa shape index (κ3) is 5.44. The molecule has 2 aliphatic rings. The summed E-state index contributed by atoms with van der Waals surface area (Å²) in [6.07, 6.45) is 1.98. The van der Waals surface area contributed by atoms with Crippen molar-refractivity contribution in [1.29, 1.82) is 0 Å². The van der Waals surface area contributed by atoms with Crippen molar-refractivity contribution in [2.75, 3.05) is 38.0 Å². The summed E-state index contributed by atoms with van der Waals surface area (Å²) in [6.45, 7) is 2.04. The molecule has 0 bridgehead atoms. The number of benzene rings is 2. The standard InChI is InChI=1S/C23H24ClFN4O3/c24-19-13-15(25)5-8-17(19)23(32)29-11-9-28(10-12-29)14-21(30)27-20-4-2-1-3-18(20)22(31)26-16-6-7-16/h1-5,8,13,16H,6-7,9-12,14H2,(H,26,31)(H,27,30). The number of piperazine rings is 1. The Hall–Kier alpha value is -2.97. The van der Waals surface area contributed by atoms with E-state index >= 15 is 0 Å². The van der Waals surface area contributed by atoms with Gasteiger partial charge in [0.2, 0.25) is 5.91 Å². The molecule has 7 nitrogen and oxygen atoms in total. The molecule has 0 atom stereocenters. The van der Waals surface area contributed by atoms with E-state index in [1.807, 2.05) is 4.90 Å². The Labute approximate surface area is 190 Å². The van der Waals surface area contributed by atoms with Crippen LogP contribution in [0, 0.1) is 5.82 Å². The molecule has 1 saturated carbocycles. The van der Waals surface area contributed by atoms with Gasteiger partial charge >= 0.3 is 0 Å². The van der Waals surface area contributed by atoms with Gasteiger partial charge in [0.25, 0.3) is 11.8 Å². The summed E-state index contributed by atoms with van der Waals surface area (Å²) in [6, 6.07) is 10.9. The molecule has 1 aliphatic heterocycles. The first kappa shape index (κ1) is 22.2. The van der Waals surface area contributed by atoms with Crippen molar-refractivity contribution in [1.82, 2.24) is 15.1 Å². The van der Waals surface area contributed by atoms with Crippen LogP contribution in [0.3, 0.4) is 0 Å². The van der Waals surface area contributed by atoms with Gasteiger partial charge in [-0.2, -0.15) is 0 Å². The highest BCUT2D eigenvalue weighted by atomic mass is 35.5. The van der Waals surface area contributed by atoms with E-state index in [9.17, 15) is 18.8 Å². The molecule has 1 aliphatic carbocycles. The van der Waals surface area contributed by atoms with Gasteiger partial charge in [0.1, 0.15) is 5.82 Å². The molecule has 2 fully saturated rings. The quantitative estimate of drug-likeness (QED) is 0.697. The lowest BCUT2D eigenvalue weighted by atomic mass is 10.1. The van der Waals surface area contributed by atoms with Gasteiger partial charge in [0, 0.05) is 32.2 Å². The van der Waals surface area contributed by atoms with Crippen LogP contribution in [0.2, 0.25) is 5.02 Å². The number of hydrogen-bond acceptors (Lipinski definition) is 4. The topological polar surface area (TPSA) is 81.8 Å². The highest BCUT2D eigenvalue weighted by molar-refractivity contribution is 6.33. The van der Waals surface area contributed by atoms with Gasteiger partial charge in [-0.05, 0) is 43.2 Å². The van der Waals surface area contributed by atoms with Crippen molar-refractivity contribution in [3.05, 3.63) is 64.4 Å². The first-order valence-corrected chi connectivity index (χ1v) is 10.9. The van der Waals surface area contributed by atoms with Gasteiger partial charge in [-0.25, -0.2) is 4.39 Å². The molecule has 2 aromatic carbocycles. The zero-order valence-corrected chi connectivity index (χ0v) is 18.2. The van der Waals surface area contributed by atoms with E-state index in [-0.39, 0.29) is 40.9 Å². The normalized spacial score (nSPS) is 16.5. The predicted octanol–water partition coefficient (Wildman–Crippen LogP) is 2.77. The Morgan fingerprint density at radius 1 is 1.00 bits per heavy atom. The van der Waals surface area contributed by atoms with Crippen molar-refractivity contribution in [2.24, 2.45) is 0 Å². The predicted molar refractivity (Wildman–Crippen MR) is 119 cm³/mol. The molecule has 9 heteroatoms. The number of carbonyl (C=O) groups excluding carboxylic acids is 3. The smallest absolute Gasteiger partial charge is 0.255 e. The first-order chi connectivity index (χ1) is 15.4. The minimum Gasteiger partial charge on any atom is -0.349 e. The summed E-state index contributed by atoms with van der Waals surface area (Å²) in [5.74, 6) is -1.16. The molecule has 32 heavy (non-hydrogen) atoms. The molecular weight excluding hydrogens is 435 g/mol. The summed E-state index contributed by atoms with van der Waals surface area (Å²) in [4.78, 5) is 41.2. The maximum absolute atomic E-state index is 13.2. The molecule has 1 saturated heterocycles. The number of rotatable bonds is 6. The van der Waals surface area contributed by atoms with Crippen LogP contribution in [0.5, 0.6) is 0 Å². The van der Waals surface area contributed by atoms with Crippen molar-refractivity contribution < 1.29 is 18.8 Å². The van der Waals surface area contributed by atoms with E-state index < -0.39 is 5.82 Å². The molecule has 3 amide bonds. The van der Waals surface area contributed by atoms with E-state index in [1.165, 1.54) is 12.1 Å². The number of carbonyl (C=O) groups is 3. The Balaban J connectivity index is 1.29. The minimum absolute atomic E-state index is 0.0844. The number of para-hydroxylation sites is 1. The highest BCUT2D eigenvalue weighted by Crippen LogP contribution is 2.22. The number of hydrogen-bond donors (Lipinski definition) is 2. The monoisotopic (exact) mass is 458 g/mol. The van der Waals surface area contributed by atoms with Crippen LogP contribution in [0.25, 0.3) is 0 Å². The summed E-state index contributed by atoms with van der Waals surface area (Å²) in [5, 5.41) is 5.85. The van der Waals surface area contributed by atoms with Gasteiger partial charge in [-0.15, -0.1) is 0 Å². The van der Waals surface area contributed by atoms with Gasteiger partial charge in [-0.1, -0.05) is 23.7 Å². The fraction of sp³-hybridized carbons (Fsp3) is 0.348. The summed E-state index contributed by atoms with van der Waals surface area (Å²) >= 11 is 6.00. The summed E-state index contributed by atoms with van der Waals surface area (Å²) in [7, 11) is 0. The lowest BCUT2D eigenvalue weighted by molar-refractivity contribution is -0.117. The van der Waals surface area contributed by atoms with Crippen LogP contribution in [0.4, 0.5) is 10.1 Å². The van der Waals surface area contributed by atoms with Crippen LogP contribution >= 0.6 is 11.6 Å². The number of anilines is 1. The minimum atomic E-state index is -0.492. The molecule has 1 heterocycles. The highest BCUT2D eigenvalue weighted by Gasteiger charge is 2.26. The van der Waals surface area contributed by atoms with Crippen LogP contribution in [-0.4, -0.2) is 66.3 Å². The Morgan fingerprint density at radius 2 is 1.72 bits per heavy atom. The van der Waals surface area contributed by atoms with Gasteiger partial charge in [0.15, 0.2) is 0 Å². The lowest BCUT2D eigenvalue weighted by Gasteiger charge is -2.34. The molecule has 168 valence electrons. The maximum atomic E-state index is 13.2. The van der Waals surface area contributed by atoms with Crippen molar-refractivity contribution in [3.8, 4) is 0 Å². The largest absolute Gasteiger partial charge is 0.349 e. The molecule has 2 N–H and O–H groups in total. The fourth-order valence-corrected chi connectivity index (χ4v) is 3.86. The average Bonchev–Trinajstić information content (AvgIpc) is 3.58. The van der Waals surface area contributed by atoms with E-state index in [1.54, 1.807) is 29.2 Å². The lowest BCUT2D eigenvalue weighted by Crippen LogP contribution is -2.50. The first-order valence-electron chi connectivity index (χ1n) is 10.6. The van der Waals surface area contributed by atoms with Gasteiger partial charge in [-0.3, -0.25) is 19.3 Å². The molecule has 0 unspecified atom stereocenters. The molecule has 0 spiro atoms. The third-order valence-corrected chi connectivity index (χ3v) is 5.86. The van der Waals surface area contributed by atoms with Crippen LogP contribution < -0.4 is 10.6 Å². The van der Waals surface area contributed by atoms with Gasteiger partial charge < -0.3 is 15.5 Å². The fourth-order valence-electron chi connectivity index (χ4n) is 3.62. The maximum Gasteiger partial charge on any atom is 0.255 e. The van der Waals surface area contributed by atoms with Gasteiger partial charge in [0.05, 0.1) is 28.4 Å². The second-order valence-electron chi connectivity index (χ2n) is 8.03. The molecule has 2 aromatic rings. The average molecular weight is 459 g/mol. The van der Waals surface area contributed by atoms with E-state index in [4.69, 9.17) is 11.6 Å². The zero-order valence-electron chi connectivity index (χ0n) is 17.4. The molecule has 0 radical (unpaired) electrons. The Bertz CT molecular complexity index is 1040. The van der Waals surface area contributed by atoms with E-state index in [2.05, 4.69) is 10.6 Å². The Kier molecular flexibility index (Phi) is 6.72. The number of nitrogens with one attached hydrogen (secondary N) is 2. The number of amides is 3. The number of halogens is 2. The molecular formula is C23H24ClFN4O3. The summed E-state index contributed by atoms with van der Waals surface area (Å²) < 4.78 is 13.2. The van der Waals surface area contributed by atoms with E-state index in [0.717, 1.165) is 18.9 Å². The van der Waals surface area contributed by atoms with Crippen molar-refractivity contribution >= 4 is 35.0 Å². The van der Waals surface area contributed by atoms with Crippen molar-refractivity contribution in [2.45, 2.75) is 18.9 Å². The van der Waals surface area contributed by atoms with Crippen LogP contribution in [0.1, 0.15) is 33.6 Å². The Morgan fingerprint density at radius 3 is 2.41 bits per heavy atom. The summed E-state index contributed by atoms with van der Waals surface area (Å²) in [5.41, 5.74) is 1.19. The molecule has 4 rings (SSSR count). The zero-order chi connectivity index (χ0) is 22.7. The second-order valence-corrected chi connectivity index (χ2v) is 8.44. The second kappa shape index (κ2) is 9.67. The van der Waals surface area contributed by atoms with Crippen LogP contribution in [-0.2, 0) is 4.79 Å². The van der Waals surface area contributed by atoms with Crippen molar-refractivity contribution in [3.63, 3.8) is 0 Å². The van der Waals surface area contributed by atoms with Crippen LogP contribution in [0.15, 0.2) is 42.5 Å². The molecule has 0 aromatic heterocycles. The SMILES string of the molecule is O=C(CN1CCN(C(=O)c2ccc(F)cc2Cl)CC1)Nc1ccccc1C(=O)NC1CC1. The number of nitrogens with zero attached hydrogens (tertiary/aromatic N) is 2. The third-order valence-electron chi connectivity index (χ3n) is 5.55. The van der Waals surface area contributed by atoms with E-state index in [0.29, 0.717) is 37.4 Å².